The SMILES string of the molecule is CCCCCCCC/C=C\CCCCCCCC(=O)O.O=C(C[C@H]1NCCC[C@@H]1O)Cn1cnc2cc(Br)c(Cl)cc2c1=O. The van der Waals surface area contributed by atoms with E-state index in [1.54, 1.807) is 12.1 Å². The number of carboxylic acids is 1. The highest BCUT2D eigenvalue weighted by Crippen LogP contribution is 2.25. The summed E-state index contributed by atoms with van der Waals surface area (Å²) in [6.07, 6.45) is 23.9. The number of unbranched alkanes of at least 4 members (excludes halogenated alkanes) is 11. The molecule has 1 saturated heterocycles. The molecule has 10 heteroatoms. The van der Waals surface area contributed by atoms with Crippen LogP contribution in [0.15, 0.2) is 39.9 Å². The quantitative estimate of drug-likeness (QED) is 0.101. The van der Waals surface area contributed by atoms with Gasteiger partial charge in [0.15, 0.2) is 5.78 Å². The summed E-state index contributed by atoms with van der Waals surface area (Å²) in [7, 11) is 0. The lowest BCUT2D eigenvalue weighted by atomic mass is 9.97. The first kappa shape index (κ1) is 38.1. The summed E-state index contributed by atoms with van der Waals surface area (Å²) in [5.74, 6) is -0.789. The lowest BCUT2D eigenvalue weighted by Crippen LogP contribution is -2.46. The number of allylic oxidation sites excluding steroid dienone is 2. The number of piperidine rings is 1. The fourth-order valence-electron chi connectivity index (χ4n) is 5.26. The van der Waals surface area contributed by atoms with Crippen molar-refractivity contribution in [3.8, 4) is 0 Å². The van der Waals surface area contributed by atoms with Gasteiger partial charge in [-0.15, -0.1) is 0 Å². The van der Waals surface area contributed by atoms with E-state index in [2.05, 4.69) is 45.3 Å². The Labute approximate surface area is 275 Å². The molecular weight excluding hydrogens is 646 g/mol. The molecule has 1 fully saturated rings. The Morgan fingerprint density at radius 3 is 2.32 bits per heavy atom. The van der Waals surface area contributed by atoms with Crippen molar-refractivity contribution >= 4 is 50.2 Å². The van der Waals surface area contributed by atoms with E-state index in [0.717, 1.165) is 25.8 Å². The van der Waals surface area contributed by atoms with Crippen molar-refractivity contribution in [2.75, 3.05) is 6.54 Å². The number of nitrogens with one attached hydrogen (secondary N) is 1. The summed E-state index contributed by atoms with van der Waals surface area (Å²) in [4.78, 5) is 39.3. The molecule has 2 aromatic rings. The predicted molar refractivity (Wildman–Crippen MR) is 182 cm³/mol. The number of halogens is 2. The second-order valence-electron chi connectivity index (χ2n) is 11.7. The number of carboxylic acid groups (broad SMARTS) is 1. The van der Waals surface area contributed by atoms with Gasteiger partial charge in [-0.3, -0.25) is 19.0 Å². The number of aliphatic hydroxyl groups is 1. The first-order chi connectivity index (χ1) is 21.2. The van der Waals surface area contributed by atoms with E-state index < -0.39 is 12.1 Å². The number of Topliss-reactive ketones (excluding diaryl/α,β-unsaturated/α-hetero) is 1. The molecule has 1 aliphatic rings. The second kappa shape index (κ2) is 22.4. The molecule has 0 amide bonds. The fraction of sp³-hybridized carbons (Fsp3) is 0.647. The van der Waals surface area contributed by atoms with Crippen LogP contribution in [0.4, 0.5) is 0 Å². The van der Waals surface area contributed by atoms with Crippen LogP contribution in [0.5, 0.6) is 0 Å². The van der Waals surface area contributed by atoms with Crippen LogP contribution in [0.2, 0.25) is 5.02 Å². The van der Waals surface area contributed by atoms with Crippen LogP contribution in [-0.4, -0.2) is 50.2 Å². The highest BCUT2D eigenvalue weighted by Gasteiger charge is 2.25. The number of aliphatic carboxylic acids is 1. The van der Waals surface area contributed by atoms with Gasteiger partial charge in [0, 0.05) is 23.4 Å². The van der Waals surface area contributed by atoms with Crippen LogP contribution in [-0.2, 0) is 16.1 Å². The van der Waals surface area contributed by atoms with Crippen molar-refractivity contribution in [1.82, 2.24) is 14.9 Å². The van der Waals surface area contributed by atoms with Crippen molar-refractivity contribution < 1.29 is 19.8 Å². The highest BCUT2D eigenvalue weighted by atomic mass is 79.9. The molecule has 0 unspecified atom stereocenters. The van der Waals surface area contributed by atoms with Gasteiger partial charge in [-0.05, 0) is 79.6 Å². The second-order valence-corrected chi connectivity index (χ2v) is 13.0. The molecule has 1 aromatic heterocycles. The van der Waals surface area contributed by atoms with Gasteiger partial charge in [-0.1, -0.05) is 82.0 Å². The van der Waals surface area contributed by atoms with Crippen molar-refractivity contribution in [2.45, 2.75) is 135 Å². The Morgan fingerprint density at radius 1 is 1.05 bits per heavy atom. The average Bonchev–Trinajstić information content (AvgIpc) is 2.99. The maximum absolute atomic E-state index is 12.5. The molecule has 1 aliphatic heterocycles. The molecule has 0 radical (unpaired) electrons. The third-order valence-corrected chi connectivity index (χ3v) is 9.06. The van der Waals surface area contributed by atoms with Crippen LogP contribution in [0.25, 0.3) is 10.9 Å². The van der Waals surface area contributed by atoms with Gasteiger partial charge in [0.1, 0.15) is 0 Å². The molecule has 3 rings (SSSR count). The van der Waals surface area contributed by atoms with Crippen molar-refractivity contribution in [3.05, 3.63) is 50.5 Å². The summed E-state index contributed by atoms with van der Waals surface area (Å²) in [6, 6.07) is 2.97. The van der Waals surface area contributed by atoms with E-state index in [1.165, 1.54) is 81.5 Å². The first-order valence-corrected chi connectivity index (χ1v) is 17.5. The van der Waals surface area contributed by atoms with Crippen LogP contribution in [0.1, 0.15) is 116 Å². The molecule has 0 aliphatic carbocycles. The molecular formula is C34H51BrClN3O5. The summed E-state index contributed by atoms with van der Waals surface area (Å²) < 4.78 is 1.94. The summed E-state index contributed by atoms with van der Waals surface area (Å²) >= 11 is 9.33. The smallest absolute Gasteiger partial charge is 0.303 e. The van der Waals surface area contributed by atoms with Crippen LogP contribution >= 0.6 is 27.5 Å². The minimum Gasteiger partial charge on any atom is -0.481 e. The van der Waals surface area contributed by atoms with Crippen LogP contribution in [0, 0.1) is 0 Å². The first-order valence-electron chi connectivity index (χ1n) is 16.4. The molecule has 3 N–H and O–H groups in total. The highest BCUT2D eigenvalue weighted by molar-refractivity contribution is 9.10. The number of carbonyl (C=O) groups is 2. The Balaban J connectivity index is 0.000000314. The topological polar surface area (TPSA) is 122 Å². The Kier molecular flexibility index (Phi) is 19.4. The standard InChI is InChI=1S/C18H34O2.C16H17BrClN3O3/c1-2-3-4-5-6-7-8-9-10-11-12-13-14-15-16-17-18(19)20;17-11-6-13-10(5-12(11)18)16(24)21(8-20-13)7-9(22)4-14-15(23)2-1-3-19-14/h9-10H,2-8,11-17H2,1H3,(H,19,20);5-6,8,14-15,19,23H,1-4,7H2/b10-9-;/t;14-,15+/m.1/s1. The average molecular weight is 697 g/mol. The number of aromatic nitrogens is 2. The minimum absolute atomic E-state index is 0.0691. The van der Waals surface area contributed by atoms with E-state index in [-0.39, 0.29) is 30.3 Å². The zero-order valence-electron chi connectivity index (χ0n) is 26.2. The van der Waals surface area contributed by atoms with Crippen LogP contribution < -0.4 is 10.9 Å². The lowest BCUT2D eigenvalue weighted by Gasteiger charge is -2.28. The third kappa shape index (κ3) is 15.3. The van der Waals surface area contributed by atoms with E-state index in [9.17, 15) is 19.5 Å². The van der Waals surface area contributed by atoms with Crippen molar-refractivity contribution in [1.29, 1.82) is 0 Å². The van der Waals surface area contributed by atoms with E-state index in [4.69, 9.17) is 16.7 Å². The number of hydrogen-bond acceptors (Lipinski definition) is 6. The summed E-state index contributed by atoms with van der Waals surface area (Å²) in [5.41, 5.74) is 0.212. The third-order valence-electron chi connectivity index (χ3n) is 7.86. The molecule has 0 saturated carbocycles. The number of ketones is 1. The molecule has 0 bridgehead atoms. The van der Waals surface area contributed by atoms with Gasteiger partial charge in [-0.2, -0.15) is 0 Å². The number of hydrogen-bond donors (Lipinski definition) is 3. The van der Waals surface area contributed by atoms with Gasteiger partial charge < -0.3 is 15.5 Å². The molecule has 2 atom stereocenters. The zero-order valence-corrected chi connectivity index (χ0v) is 28.6. The van der Waals surface area contributed by atoms with Gasteiger partial charge in [-0.25, -0.2) is 4.98 Å². The van der Waals surface area contributed by atoms with Gasteiger partial charge in [0.05, 0.1) is 34.9 Å². The van der Waals surface area contributed by atoms with E-state index in [1.807, 2.05) is 0 Å². The maximum atomic E-state index is 12.5. The van der Waals surface area contributed by atoms with E-state index in [0.29, 0.717) is 33.2 Å². The number of nitrogens with zero attached hydrogens (tertiary/aromatic N) is 2. The Bertz CT molecular complexity index is 1240. The molecule has 8 nitrogen and oxygen atoms in total. The Hall–Kier alpha value is -2.07. The lowest BCUT2D eigenvalue weighted by molar-refractivity contribution is -0.137. The minimum atomic E-state index is -0.664. The van der Waals surface area contributed by atoms with Crippen molar-refractivity contribution in [2.24, 2.45) is 0 Å². The predicted octanol–water partition coefficient (Wildman–Crippen LogP) is 7.99. The number of fused-ring (bicyclic) bond motifs is 1. The zero-order chi connectivity index (χ0) is 32.2. The van der Waals surface area contributed by atoms with Crippen molar-refractivity contribution in [3.63, 3.8) is 0 Å². The number of rotatable bonds is 19. The normalized spacial score (nSPS) is 16.6. The number of aliphatic hydroxyl groups excluding tert-OH is 1. The molecule has 44 heavy (non-hydrogen) atoms. The maximum Gasteiger partial charge on any atom is 0.303 e. The van der Waals surface area contributed by atoms with Crippen LogP contribution in [0.3, 0.4) is 0 Å². The number of benzene rings is 1. The van der Waals surface area contributed by atoms with E-state index >= 15 is 0 Å². The van der Waals surface area contributed by atoms with Gasteiger partial charge >= 0.3 is 5.97 Å². The molecule has 1 aromatic carbocycles. The molecule has 246 valence electrons. The van der Waals surface area contributed by atoms with Gasteiger partial charge in [0.25, 0.3) is 5.56 Å². The molecule has 2 heterocycles. The molecule has 0 spiro atoms. The largest absolute Gasteiger partial charge is 0.481 e. The summed E-state index contributed by atoms with van der Waals surface area (Å²) in [6.45, 7) is 2.98. The monoisotopic (exact) mass is 695 g/mol. The number of carbonyl (C=O) groups excluding carboxylic acids is 1. The van der Waals surface area contributed by atoms with Gasteiger partial charge in [0.2, 0.25) is 0 Å². The fourth-order valence-corrected chi connectivity index (χ4v) is 5.75. The summed E-state index contributed by atoms with van der Waals surface area (Å²) in [5, 5.41) is 22.4. The Morgan fingerprint density at radius 2 is 1.68 bits per heavy atom.